The van der Waals surface area contributed by atoms with Crippen molar-refractivity contribution in [3.63, 3.8) is 0 Å². The van der Waals surface area contributed by atoms with Crippen LogP contribution < -0.4 is 15.5 Å². The minimum atomic E-state index is -0.394. The number of carbonyl (C=O) groups is 1. The Labute approximate surface area is 180 Å². The molecule has 1 aromatic heterocycles. The highest BCUT2D eigenvalue weighted by Crippen LogP contribution is 2.30. The molecule has 158 valence electrons. The Balaban J connectivity index is 1.25. The molecule has 5 rings (SSSR count). The van der Waals surface area contributed by atoms with E-state index < -0.39 is 6.04 Å². The number of ether oxygens (including phenoxy) is 1. The van der Waals surface area contributed by atoms with E-state index in [2.05, 4.69) is 15.5 Å². The molecule has 0 radical (unpaired) electrons. The predicted octanol–water partition coefficient (Wildman–Crippen LogP) is 4.86. The molecule has 1 aliphatic rings. The Morgan fingerprint density at radius 3 is 2.42 bits per heavy atom. The first-order chi connectivity index (χ1) is 15.2. The van der Waals surface area contributed by atoms with Crippen molar-refractivity contribution in [3.8, 4) is 0 Å². The van der Waals surface area contributed by atoms with Gasteiger partial charge in [0.1, 0.15) is 17.2 Å². The fourth-order valence-electron chi connectivity index (χ4n) is 3.96. The number of rotatable bonds is 5. The van der Waals surface area contributed by atoms with Gasteiger partial charge >= 0.3 is 0 Å². The fourth-order valence-corrected chi connectivity index (χ4v) is 3.96. The molecule has 1 aliphatic heterocycles. The van der Waals surface area contributed by atoms with Crippen LogP contribution in [0, 0.1) is 0 Å². The van der Waals surface area contributed by atoms with Gasteiger partial charge in [-0.25, -0.2) is 0 Å². The van der Waals surface area contributed by atoms with Gasteiger partial charge in [-0.05, 0) is 55.5 Å². The van der Waals surface area contributed by atoms with E-state index in [1.807, 2.05) is 73.7 Å². The van der Waals surface area contributed by atoms with Gasteiger partial charge in [0.05, 0.1) is 13.2 Å². The third-order valence-electron chi connectivity index (χ3n) is 5.66. The minimum absolute atomic E-state index is 0.0868. The molecule has 1 amide bonds. The summed E-state index contributed by atoms with van der Waals surface area (Å²) in [5.41, 5.74) is 4.51. The number of anilines is 3. The highest BCUT2D eigenvalue weighted by atomic mass is 16.5. The first-order valence-corrected chi connectivity index (χ1v) is 10.6. The van der Waals surface area contributed by atoms with Crippen molar-refractivity contribution in [2.75, 3.05) is 41.8 Å². The number of amides is 1. The zero-order valence-corrected chi connectivity index (χ0v) is 17.4. The summed E-state index contributed by atoms with van der Waals surface area (Å²) in [5, 5.41) is 8.39. The number of furan rings is 1. The monoisotopic (exact) mass is 415 g/mol. The van der Waals surface area contributed by atoms with Crippen molar-refractivity contribution in [2.24, 2.45) is 0 Å². The zero-order chi connectivity index (χ0) is 21.2. The summed E-state index contributed by atoms with van der Waals surface area (Å²) in [5.74, 6) is -0.0868. The molecule has 31 heavy (non-hydrogen) atoms. The van der Waals surface area contributed by atoms with E-state index in [1.165, 1.54) is 0 Å². The average molecular weight is 415 g/mol. The second-order valence-electron chi connectivity index (χ2n) is 7.81. The van der Waals surface area contributed by atoms with E-state index in [-0.39, 0.29) is 5.91 Å². The minimum Gasteiger partial charge on any atom is -0.456 e. The number of para-hydroxylation sites is 1. The van der Waals surface area contributed by atoms with E-state index in [0.29, 0.717) is 0 Å². The van der Waals surface area contributed by atoms with Crippen molar-refractivity contribution in [1.82, 2.24) is 0 Å². The molecule has 3 aromatic carbocycles. The predicted molar refractivity (Wildman–Crippen MR) is 125 cm³/mol. The maximum absolute atomic E-state index is 12.7. The van der Waals surface area contributed by atoms with Crippen molar-refractivity contribution in [1.29, 1.82) is 0 Å². The average Bonchev–Trinajstić information content (AvgIpc) is 3.18. The molecule has 0 saturated carbocycles. The summed E-state index contributed by atoms with van der Waals surface area (Å²) in [6, 6.07) is 21.4. The molecular weight excluding hydrogens is 390 g/mol. The van der Waals surface area contributed by atoms with E-state index in [4.69, 9.17) is 9.15 Å². The molecular formula is C25H25N3O3. The van der Waals surface area contributed by atoms with Crippen LogP contribution in [0.5, 0.6) is 0 Å². The van der Waals surface area contributed by atoms with Crippen LogP contribution in [0.1, 0.15) is 6.92 Å². The lowest BCUT2D eigenvalue weighted by atomic mass is 10.1. The van der Waals surface area contributed by atoms with Crippen LogP contribution in [0.4, 0.5) is 17.1 Å². The van der Waals surface area contributed by atoms with Crippen molar-refractivity contribution >= 4 is 44.9 Å². The van der Waals surface area contributed by atoms with Crippen molar-refractivity contribution < 1.29 is 13.9 Å². The summed E-state index contributed by atoms with van der Waals surface area (Å²) >= 11 is 0. The van der Waals surface area contributed by atoms with Crippen molar-refractivity contribution in [3.05, 3.63) is 66.7 Å². The highest BCUT2D eigenvalue weighted by Gasteiger charge is 2.15. The lowest BCUT2D eigenvalue weighted by Crippen LogP contribution is -2.36. The first-order valence-electron chi connectivity index (χ1n) is 10.6. The number of nitrogens with zero attached hydrogens (tertiary/aromatic N) is 1. The Kier molecular flexibility index (Phi) is 5.22. The number of benzene rings is 3. The van der Waals surface area contributed by atoms with Crippen LogP contribution in [-0.4, -0.2) is 38.3 Å². The fraction of sp³-hybridized carbons (Fsp3) is 0.240. The summed E-state index contributed by atoms with van der Waals surface area (Å²) in [6.45, 7) is 5.14. The molecule has 4 aromatic rings. The molecule has 0 spiro atoms. The van der Waals surface area contributed by atoms with Gasteiger partial charge in [0.15, 0.2) is 0 Å². The standard InChI is InChI=1S/C25H25N3O3/c1-17(25(29)27-18-6-9-20(10-7-18)28-12-14-30-15-13-28)26-19-8-11-24-22(16-19)21-4-2-3-5-23(21)31-24/h2-11,16-17,26H,12-15H2,1H3,(H,27,29)/t17-/m1/s1. The van der Waals surface area contributed by atoms with Crippen LogP contribution in [0.25, 0.3) is 21.9 Å². The second-order valence-corrected chi connectivity index (χ2v) is 7.81. The summed E-state index contributed by atoms with van der Waals surface area (Å²) in [7, 11) is 0. The van der Waals surface area contributed by atoms with Gasteiger partial charge in [-0.15, -0.1) is 0 Å². The van der Waals surface area contributed by atoms with Gasteiger partial charge in [-0.3, -0.25) is 4.79 Å². The number of nitrogens with one attached hydrogen (secondary N) is 2. The Hall–Kier alpha value is -3.51. The molecule has 2 heterocycles. The van der Waals surface area contributed by atoms with Crippen LogP contribution >= 0.6 is 0 Å². The van der Waals surface area contributed by atoms with Crippen LogP contribution in [-0.2, 0) is 9.53 Å². The molecule has 2 N–H and O–H groups in total. The number of carbonyl (C=O) groups excluding carboxylic acids is 1. The molecule has 0 unspecified atom stereocenters. The van der Waals surface area contributed by atoms with Gasteiger partial charge in [-0.2, -0.15) is 0 Å². The third-order valence-corrected chi connectivity index (χ3v) is 5.66. The zero-order valence-electron chi connectivity index (χ0n) is 17.4. The number of fused-ring (bicyclic) bond motifs is 3. The molecule has 1 saturated heterocycles. The molecule has 1 fully saturated rings. The van der Waals surface area contributed by atoms with Gasteiger partial charge in [0, 0.05) is 40.9 Å². The van der Waals surface area contributed by atoms with Crippen LogP contribution in [0.3, 0.4) is 0 Å². The number of hydrogen-bond acceptors (Lipinski definition) is 5. The number of morpholine rings is 1. The topological polar surface area (TPSA) is 66.7 Å². The summed E-state index contributed by atoms with van der Waals surface area (Å²) in [6.07, 6.45) is 0. The third kappa shape index (κ3) is 4.07. The quantitative estimate of drug-likeness (QED) is 0.487. The molecule has 6 heteroatoms. The summed E-state index contributed by atoms with van der Waals surface area (Å²) in [4.78, 5) is 15.0. The second kappa shape index (κ2) is 8.32. The van der Waals surface area contributed by atoms with Gasteiger partial charge in [0.25, 0.3) is 0 Å². The Bertz CT molecular complexity index is 1210. The van der Waals surface area contributed by atoms with Gasteiger partial charge < -0.3 is 24.7 Å². The van der Waals surface area contributed by atoms with E-state index >= 15 is 0 Å². The SMILES string of the molecule is C[C@@H](Nc1ccc2oc3ccccc3c2c1)C(=O)Nc1ccc(N2CCOCC2)cc1. The number of hydrogen-bond donors (Lipinski definition) is 2. The maximum Gasteiger partial charge on any atom is 0.246 e. The van der Waals surface area contributed by atoms with E-state index in [0.717, 1.165) is 65.3 Å². The molecule has 0 bridgehead atoms. The Morgan fingerprint density at radius 2 is 1.61 bits per heavy atom. The largest absolute Gasteiger partial charge is 0.456 e. The first kappa shape index (κ1) is 19.5. The van der Waals surface area contributed by atoms with Crippen molar-refractivity contribution in [2.45, 2.75) is 13.0 Å². The van der Waals surface area contributed by atoms with Gasteiger partial charge in [-0.1, -0.05) is 18.2 Å². The lowest BCUT2D eigenvalue weighted by Gasteiger charge is -2.29. The smallest absolute Gasteiger partial charge is 0.246 e. The highest BCUT2D eigenvalue weighted by molar-refractivity contribution is 6.06. The summed E-state index contributed by atoms with van der Waals surface area (Å²) < 4.78 is 11.3. The van der Waals surface area contributed by atoms with E-state index in [9.17, 15) is 4.79 Å². The van der Waals surface area contributed by atoms with E-state index in [1.54, 1.807) is 0 Å². The molecule has 0 aliphatic carbocycles. The van der Waals surface area contributed by atoms with Crippen LogP contribution in [0.15, 0.2) is 71.1 Å². The van der Waals surface area contributed by atoms with Gasteiger partial charge in [0.2, 0.25) is 5.91 Å². The van der Waals surface area contributed by atoms with Crippen LogP contribution in [0.2, 0.25) is 0 Å². The molecule has 1 atom stereocenters. The lowest BCUT2D eigenvalue weighted by molar-refractivity contribution is -0.116. The molecule has 6 nitrogen and oxygen atoms in total. The Morgan fingerprint density at radius 1 is 0.903 bits per heavy atom. The normalized spacial score (nSPS) is 15.2. The maximum atomic E-state index is 12.7.